The normalized spacial score (nSPS) is 14.5. The number of hydrogen-bond donors (Lipinski definition) is 1. The average Bonchev–Trinajstić information content (AvgIpc) is 3.27. The second-order valence-corrected chi connectivity index (χ2v) is 8.36. The molecule has 0 spiro atoms. The lowest BCUT2D eigenvalue weighted by Gasteiger charge is -2.32. The minimum atomic E-state index is -5.08. The first-order valence-corrected chi connectivity index (χ1v) is 11.1. The Morgan fingerprint density at radius 2 is 1.67 bits per heavy atom. The molecule has 3 heterocycles. The van der Waals surface area contributed by atoms with Crippen molar-refractivity contribution in [1.82, 2.24) is 29.5 Å². The quantitative estimate of drug-likeness (QED) is 0.461. The number of piperazine rings is 1. The minimum Gasteiger partial charge on any atom is -0.475 e. The van der Waals surface area contributed by atoms with Gasteiger partial charge in [-0.25, -0.2) is 9.78 Å². The molecular formula is C24H23F3N6O3. The highest BCUT2D eigenvalue weighted by molar-refractivity contribution is 6.05. The first-order chi connectivity index (χ1) is 17.1. The van der Waals surface area contributed by atoms with Gasteiger partial charge in [0.05, 0.1) is 17.4 Å². The van der Waals surface area contributed by atoms with Crippen LogP contribution >= 0.6 is 0 Å². The fourth-order valence-corrected chi connectivity index (χ4v) is 3.86. The zero-order valence-corrected chi connectivity index (χ0v) is 19.3. The van der Waals surface area contributed by atoms with Gasteiger partial charge in [0.1, 0.15) is 0 Å². The summed E-state index contributed by atoms with van der Waals surface area (Å²) in [4.78, 5) is 30.5. The van der Waals surface area contributed by atoms with Crippen LogP contribution in [0.3, 0.4) is 0 Å². The predicted octanol–water partition coefficient (Wildman–Crippen LogP) is 3.05. The fraction of sp³-hybridized carbons (Fsp3) is 0.292. The van der Waals surface area contributed by atoms with Crippen LogP contribution in [0.2, 0.25) is 0 Å². The largest absolute Gasteiger partial charge is 0.490 e. The van der Waals surface area contributed by atoms with E-state index in [0.29, 0.717) is 17.8 Å². The van der Waals surface area contributed by atoms with Crippen molar-refractivity contribution in [2.75, 3.05) is 33.2 Å². The Bertz CT molecular complexity index is 1380. The molecule has 188 valence electrons. The topological polar surface area (TPSA) is 104 Å². The molecule has 5 rings (SSSR count). The van der Waals surface area contributed by atoms with Crippen molar-refractivity contribution in [2.24, 2.45) is 0 Å². The van der Waals surface area contributed by atoms with E-state index in [9.17, 15) is 18.0 Å². The second kappa shape index (κ2) is 10.3. The number of carbonyl (C=O) groups excluding carboxylic acids is 1. The maximum atomic E-state index is 13.0. The summed E-state index contributed by atoms with van der Waals surface area (Å²) < 4.78 is 33.8. The first kappa shape index (κ1) is 25.0. The van der Waals surface area contributed by atoms with Crippen LogP contribution < -0.4 is 0 Å². The standard InChI is InChI=1S/C22H22N6O.C2HF3O2/c1-26-9-11-27(12-10-26)22(29)17-7-8-19-18(13-17)20-21(25-24-19)23-15-28(20)14-16-5-3-2-4-6-16;3-2(4,5)1(6)7/h2-8,13,15H,9-12,14H2,1H3;(H,6,7). The molecule has 9 nitrogen and oxygen atoms in total. The van der Waals surface area contributed by atoms with Crippen molar-refractivity contribution in [3.05, 3.63) is 66.0 Å². The number of carbonyl (C=O) groups is 2. The lowest BCUT2D eigenvalue weighted by molar-refractivity contribution is -0.192. The number of carboxylic acids is 1. The van der Waals surface area contributed by atoms with E-state index in [1.807, 2.05) is 41.3 Å². The smallest absolute Gasteiger partial charge is 0.475 e. The van der Waals surface area contributed by atoms with Gasteiger partial charge in [-0.3, -0.25) is 4.79 Å². The van der Waals surface area contributed by atoms with Crippen LogP contribution in [-0.4, -0.2) is 85.9 Å². The van der Waals surface area contributed by atoms with Gasteiger partial charge in [-0.15, -0.1) is 10.2 Å². The van der Waals surface area contributed by atoms with E-state index in [4.69, 9.17) is 9.90 Å². The lowest BCUT2D eigenvalue weighted by atomic mass is 10.1. The number of hydrogen-bond acceptors (Lipinski definition) is 6. The fourth-order valence-electron chi connectivity index (χ4n) is 3.86. The highest BCUT2D eigenvalue weighted by Crippen LogP contribution is 2.24. The first-order valence-electron chi connectivity index (χ1n) is 11.1. The van der Waals surface area contributed by atoms with Gasteiger partial charge in [-0.1, -0.05) is 30.3 Å². The van der Waals surface area contributed by atoms with Crippen molar-refractivity contribution in [2.45, 2.75) is 12.7 Å². The molecule has 0 unspecified atom stereocenters. The van der Waals surface area contributed by atoms with Gasteiger partial charge in [-0.2, -0.15) is 13.2 Å². The molecule has 12 heteroatoms. The van der Waals surface area contributed by atoms with Crippen LogP contribution in [0.4, 0.5) is 13.2 Å². The van der Waals surface area contributed by atoms with Gasteiger partial charge in [0.25, 0.3) is 5.91 Å². The summed E-state index contributed by atoms with van der Waals surface area (Å²) in [7, 11) is 2.08. The Morgan fingerprint density at radius 1 is 1.00 bits per heavy atom. The predicted molar refractivity (Wildman–Crippen MR) is 125 cm³/mol. The van der Waals surface area contributed by atoms with Gasteiger partial charge < -0.3 is 19.5 Å². The third-order valence-electron chi connectivity index (χ3n) is 5.80. The molecule has 1 fully saturated rings. The molecule has 0 aliphatic carbocycles. The van der Waals surface area contributed by atoms with Crippen LogP contribution in [-0.2, 0) is 11.3 Å². The number of rotatable bonds is 3. The number of carboxylic acid groups (broad SMARTS) is 1. The van der Waals surface area contributed by atoms with E-state index in [0.717, 1.165) is 42.6 Å². The van der Waals surface area contributed by atoms with Crippen molar-refractivity contribution in [1.29, 1.82) is 0 Å². The molecule has 1 N–H and O–H groups in total. The number of nitrogens with zero attached hydrogens (tertiary/aromatic N) is 6. The molecule has 1 aliphatic rings. The summed E-state index contributed by atoms with van der Waals surface area (Å²) >= 11 is 0. The average molecular weight is 500 g/mol. The maximum Gasteiger partial charge on any atom is 0.490 e. The number of halogens is 3. The number of alkyl halides is 3. The number of likely N-dealkylation sites (N-methyl/N-ethyl adjacent to an activating group) is 1. The molecule has 0 atom stereocenters. The van der Waals surface area contributed by atoms with Gasteiger partial charge in [0.15, 0.2) is 0 Å². The zero-order chi connectivity index (χ0) is 25.9. The summed E-state index contributed by atoms with van der Waals surface area (Å²) in [5.41, 5.74) is 4.14. The Balaban J connectivity index is 0.000000384. The number of aliphatic carboxylic acids is 1. The van der Waals surface area contributed by atoms with Gasteiger partial charge >= 0.3 is 12.1 Å². The number of amides is 1. The molecule has 1 aliphatic heterocycles. The zero-order valence-electron chi connectivity index (χ0n) is 19.3. The number of aromatic nitrogens is 4. The van der Waals surface area contributed by atoms with E-state index in [1.54, 1.807) is 6.33 Å². The van der Waals surface area contributed by atoms with Crippen LogP contribution in [0.1, 0.15) is 15.9 Å². The molecule has 1 saturated heterocycles. The molecule has 2 aromatic heterocycles. The van der Waals surface area contributed by atoms with Crippen molar-refractivity contribution < 1.29 is 27.9 Å². The molecular weight excluding hydrogens is 477 g/mol. The van der Waals surface area contributed by atoms with Gasteiger partial charge in [0, 0.05) is 43.7 Å². The summed E-state index contributed by atoms with van der Waals surface area (Å²) in [5, 5.41) is 16.6. The molecule has 0 saturated carbocycles. The van der Waals surface area contributed by atoms with E-state index >= 15 is 0 Å². The molecule has 0 bridgehead atoms. The Hall–Kier alpha value is -4.06. The van der Waals surface area contributed by atoms with E-state index in [-0.39, 0.29) is 5.91 Å². The highest BCUT2D eigenvalue weighted by atomic mass is 19.4. The second-order valence-electron chi connectivity index (χ2n) is 8.36. The number of imidazole rings is 1. The highest BCUT2D eigenvalue weighted by Gasteiger charge is 2.38. The monoisotopic (exact) mass is 500 g/mol. The molecule has 0 radical (unpaired) electrons. The van der Waals surface area contributed by atoms with Crippen LogP contribution in [0.5, 0.6) is 0 Å². The Morgan fingerprint density at radius 3 is 2.31 bits per heavy atom. The number of fused-ring (bicyclic) bond motifs is 3. The van der Waals surface area contributed by atoms with Gasteiger partial charge in [0.2, 0.25) is 5.65 Å². The van der Waals surface area contributed by atoms with Crippen LogP contribution in [0, 0.1) is 0 Å². The van der Waals surface area contributed by atoms with Crippen LogP contribution in [0.25, 0.3) is 22.1 Å². The number of benzene rings is 2. The molecule has 2 aromatic carbocycles. The van der Waals surface area contributed by atoms with E-state index in [2.05, 4.69) is 43.8 Å². The minimum absolute atomic E-state index is 0.0686. The summed E-state index contributed by atoms with van der Waals surface area (Å²) in [5.74, 6) is -2.69. The van der Waals surface area contributed by atoms with Crippen molar-refractivity contribution in [3.63, 3.8) is 0 Å². The lowest BCUT2D eigenvalue weighted by Crippen LogP contribution is -2.47. The molecule has 1 amide bonds. The van der Waals surface area contributed by atoms with Crippen molar-refractivity contribution in [3.8, 4) is 0 Å². The Kier molecular flexibility index (Phi) is 7.15. The third kappa shape index (κ3) is 5.60. The van der Waals surface area contributed by atoms with E-state index < -0.39 is 12.1 Å². The summed E-state index contributed by atoms with van der Waals surface area (Å²) in [6, 6.07) is 15.9. The van der Waals surface area contributed by atoms with Crippen molar-refractivity contribution >= 4 is 33.9 Å². The SMILES string of the molecule is CN1CCN(C(=O)c2ccc3nnc4ncn(Cc5ccccc5)c4c3c2)CC1.O=C(O)C(F)(F)F. The third-order valence-corrected chi connectivity index (χ3v) is 5.80. The Labute approximate surface area is 203 Å². The maximum absolute atomic E-state index is 13.0. The molecule has 36 heavy (non-hydrogen) atoms. The van der Waals surface area contributed by atoms with E-state index in [1.165, 1.54) is 5.56 Å². The summed E-state index contributed by atoms with van der Waals surface area (Å²) in [6.07, 6.45) is -3.29. The summed E-state index contributed by atoms with van der Waals surface area (Å²) in [6.45, 7) is 4.00. The van der Waals surface area contributed by atoms with Crippen LogP contribution in [0.15, 0.2) is 54.9 Å². The molecule has 4 aromatic rings. The van der Waals surface area contributed by atoms with Gasteiger partial charge in [-0.05, 0) is 30.8 Å².